The van der Waals surface area contributed by atoms with E-state index < -0.39 is 35.7 Å². The lowest BCUT2D eigenvalue weighted by Crippen LogP contribution is -2.61. The predicted molar refractivity (Wildman–Crippen MR) is 163 cm³/mol. The molecule has 1 fully saturated rings. The van der Waals surface area contributed by atoms with Gasteiger partial charge >= 0.3 is 5.97 Å². The average Bonchev–Trinajstić information content (AvgIpc) is 3.43. The molecule has 0 aromatic rings. The molecule has 11 nitrogen and oxygen atoms in total. The molecule has 1 heterocycles. The van der Waals surface area contributed by atoms with Crippen LogP contribution in [0.4, 0.5) is 0 Å². The molecular weight excluding hydrogens is 540 g/mol. The summed E-state index contributed by atoms with van der Waals surface area (Å²) in [6.45, 7) is 13.8. The highest BCUT2D eigenvalue weighted by atomic mass is 16.5. The minimum atomic E-state index is -0.804. The number of carbonyl (C=O) groups is 4. The van der Waals surface area contributed by atoms with Crippen LogP contribution in [0.5, 0.6) is 0 Å². The van der Waals surface area contributed by atoms with Gasteiger partial charge in [-0.15, -0.1) is 0 Å². The second kappa shape index (κ2) is 16.6. The van der Waals surface area contributed by atoms with Crippen LogP contribution in [0, 0.1) is 17.8 Å². The number of nitrogens with one attached hydrogen (secondary N) is 1. The Morgan fingerprint density at radius 1 is 1.00 bits per heavy atom. The van der Waals surface area contributed by atoms with E-state index in [9.17, 15) is 19.2 Å². The summed E-state index contributed by atoms with van der Waals surface area (Å²) < 4.78 is 16.6. The highest BCUT2D eigenvalue weighted by Gasteiger charge is 2.43. The monoisotopic (exact) mass is 598 g/mol. The second-order valence-electron chi connectivity index (χ2n) is 12.8. The van der Waals surface area contributed by atoms with E-state index in [2.05, 4.69) is 5.32 Å². The van der Waals surface area contributed by atoms with Gasteiger partial charge in [-0.2, -0.15) is 0 Å². The van der Waals surface area contributed by atoms with E-state index in [4.69, 9.17) is 14.2 Å². The molecule has 1 saturated heterocycles. The molecule has 0 aromatic carbocycles. The molecule has 0 radical (unpaired) electrons. The Balaban J connectivity index is 3.26. The van der Waals surface area contributed by atoms with Crippen molar-refractivity contribution >= 4 is 23.7 Å². The molecule has 0 spiro atoms. The zero-order chi connectivity index (χ0) is 32.5. The predicted octanol–water partition coefficient (Wildman–Crippen LogP) is 2.56. The molecule has 3 amide bonds. The first-order valence-electron chi connectivity index (χ1n) is 15.2. The van der Waals surface area contributed by atoms with Gasteiger partial charge in [-0.3, -0.25) is 24.1 Å². The smallest absolute Gasteiger partial charge is 0.311 e. The lowest BCUT2D eigenvalue weighted by Gasteiger charge is -2.41. The molecule has 0 aliphatic carbocycles. The number of likely N-dealkylation sites (tertiary alicyclic amines) is 1. The average molecular weight is 599 g/mol. The van der Waals surface area contributed by atoms with Crippen LogP contribution in [0.2, 0.25) is 0 Å². The summed E-state index contributed by atoms with van der Waals surface area (Å²) in [5.74, 6) is -1.63. The first-order chi connectivity index (χ1) is 19.5. The van der Waals surface area contributed by atoms with Crippen LogP contribution in [0.3, 0.4) is 0 Å². The molecule has 1 aliphatic rings. The van der Waals surface area contributed by atoms with E-state index in [0.29, 0.717) is 6.54 Å². The number of likely N-dealkylation sites (N-methyl/N-ethyl adjacent to an activating group) is 2. The summed E-state index contributed by atoms with van der Waals surface area (Å²) >= 11 is 0. The molecule has 7 atom stereocenters. The molecule has 1 N–H and O–H groups in total. The number of hydrogen-bond acceptors (Lipinski definition) is 8. The first kappa shape index (κ1) is 37.8. The Morgan fingerprint density at radius 2 is 1.60 bits per heavy atom. The Morgan fingerprint density at radius 3 is 2.05 bits per heavy atom. The van der Waals surface area contributed by atoms with E-state index >= 15 is 0 Å². The van der Waals surface area contributed by atoms with Crippen LogP contribution in [-0.4, -0.2) is 123 Å². The Kier molecular flexibility index (Phi) is 14.9. The van der Waals surface area contributed by atoms with E-state index in [1.54, 1.807) is 38.0 Å². The molecule has 1 rings (SSSR count). The van der Waals surface area contributed by atoms with Crippen molar-refractivity contribution in [3.05, 3.63) is 0 Å². The second-order valence-corrected chi connectivity index (χ2v) is 12.8. The van der Waals surface area contributed by atoms with Gasteiger partial charge in [0.05, 0.1) is 49.3 Å². The van der Waals surface area contributed by atoms with Crippen molar-refractivity contribution in [2.75, 3.05) is 49.0 Å². The van der Waals surface area contributed by atoms with Crippen molar-refractivity contribution in [2.24, 2.45) is 17.8 Å². The maximum absolute atomic E-state index is 14.0. The Labute approximate surface area is 253 Å². The Hall–Kier alpha value is -2.24. The lowest BCUT2D eigenvalue weighted by molar-refractivity contribution is -0.154. The maximum Gasteiger partial charge on any atom is 0.311 e. The fraction of sp³-hybridized carbons (Fsp3) is 0.871. The van der Waals surface area contributed by atoms with Gasteiger partial charge in [0.25, 0.3) is 0 Å². The largest absolute Gasteiger partial charge is 0.469 e. The quantitative estimate of drug-likeness (QED) is 0.270. The normalized spacial score (nSPS) is 20.1. The number of rotatable bonds is 16. The molecular formula is C31H58N4O7. The van der Waals surface area contributed by atoms with Gasteiger partial charge < -0.3 is 29.3 Å². The van der Waals surface area contributed by atoms with Gasteiger partial charge in [0.15, 0.2) is 0 Å². The van der Waals surface area contributed by atoms with Gasteiger partial charge in [0.2, 0.25) is 17.7 Å². The summed E-state index contributed by atoms with van der Waals surface area (Å²) in [5.41, 5.74) is -0.804. The van der Waals surface area contributed by atoms with Crippen molar-refractivity contribution in [3.63, 3.8) is 0 Å². The molecule has 42 heavy (non-hydrogen) atoms. The lowest BCUT2D eigenvalue weighted by atomic mass is 9.89. The third-order valence-electron chi connectivity index (χ3n) is 9.31. The maximum atomic E-state index is 14.0. The van der Waals surface area contributed by atoms with Crippen LogP contribution in [0.1, 0.15) is 74.1 Å². The third kappa shape index (κ3) is 8.89. The van der Waals surface area contributed by atoms with E-state index in [1.807, 2.05) is 60.5 Å². The van der Waals surface area contributed by atoms with Crippen molar-refractivity contribution < 1.29 is 33.4 Å². The molecule has 0 aromatic heterocycles. The summed E-state index contributed by atoms with van der Waals surface area (Å²) in [5, 5.41) is 2.98. The molecule has 11 heteroatoms. The van der Waals surface area contributed by atoms with Crippen LogP contribution in [0.15, 0.2) is 0 Å². The van der Waals surface area contributed by atoms with Crippen molar-refractivity contribution in [1.29, 1.82) is 0 Å². The molecule has 1 aliphatic heterocycles. The van der Waals surface area contributed by atoms with Crippen LogP contribution < -0.4 is 5.32 Å². The van der Waals surface area contributed by atoms with Gasteiger partial charge in [-0.05, 0) is 59.5 Å². The molecule has 244 valence electrons. The Bertz CT molecular complexity index is 910. The van der Waals surface area contributed by atoms with Crippen molar-refractivity contribution in [1.82, 2.24) is 20.0 Å². The highest BCUT2D eigenvalue weighted by molar-refractivity contribution is 5.92. The topological polar surface area (TPSA) is 118 Å². The number of hydrogen-bond donors (Lipinski definition) is 1. The standard InChI is InChI=1S/C31H58N4O7/c1-14-20(4)26(34(10)28(37)25(19(2)3)32-30(39)31(6,7)33(8)9)23(40-11)18-24(36)35-17-15-16-22(35)27(41-12)21(5)29(38)42-13/h19-23,25-27H,14-18H2,1-13H3,(H,32,39)/t20-,21?,22-,23+,25-,26-,27?/m0/s1. The summed E-state index contributed by atoms with van der Waals surface area (Å²) in [6.07, 6.45) is 1.26. The van der Waals surface area contributed by atoms with Crippen LogP contribution >= 0.6 is 0 Å². The summed E-state index contributed by atoms with van der Waals surface area (Å²) in [4.78, 5) is 58.5. The van der Waals surface area contributed by atoms with Crippen molar-refractivity contribution in [3.8, 4) is 0 Å². The molecule has 2 unspecified atom stereocenters. The number of nitrogens with zero attached hydrogens (tertiary/aromatic N) is 3. The van der Waals surface area contributed by atoms with Crippen molar-refractivity contribution in [2.45, 2.75) is 110 Å². The zero-order valence-corrected chi connectivity index (χ0v) is 28.4. The van der Waals surface area contributed by atoms with Crippen LogP contribution in [0.25, 0.3) is 0 Å². The number of methoxy groups -OCH3 is 3. The first-order valence-corrected chi connectivity index (χ1v) is 15.2. The number of carbonyl (C=O) groups excluding carboxylic acids is 4. The summed E-state index contributed by atoms with van der Waals surface area (Å²) in [7, 11) is 9.83. The number of ether oxygens (including phenoxy) is 3. The van der Waals surface area contributed by atoms with Gasteiger partial charge in [0, 0.05) is 27.8 Å². The van der Waals surface area contributed by atoms with Gasteiger partial charge in [0.1, 0.15) is 6.04 Å². The number of esters is 1. The fourth-order valence-corrected chi connectivity index (χ4v) is 5.73. The minimum absolute atomic E-state index is 0.0128. The third-order valence-corrected chi connectivity index (χ3v) is 9.31. The van der Waals surface area contributed by atoms with Gasteiger partial charge in [-0.1, -0.05) is 34.1 Å². The SMILES string of the molecule is CC[C@H](C)[C@@H]([C@@H](CC(=O)N1CCC[C@H]1C(OC)C(C)C(=O)OC)OC)N(C)C(=O)[C@@H](NC(=O)C(C)(C)N(C)C)C(C)C. The van der Waals surface area contributed by atoms with Crippen LogP contribution in [-0.2, 0) is 33.4 Å². The minimum Gasteiger partial charge on any atom is -0.469 e. The number of amides is 3. The van der Waals surface area contributed by atoms with E-state index in [0.717, 1.165) is 19.3 Å². The summed E-state index contributed by atoms with van der Waals surface area (Å²) in [6, 6.07) is -1.42. The molecule has 0 bridgehead atoms. The van der Waals surface area contributed by atoms with E-state index in [1.165, 1.54) is 7.11 Å². The highest BCUT2D eigenvalue weighted by Crippen LogP contribution is 2.29. The van der Waals surface area contributed by atoms with E-state index in [-0.39, 0.29) is 48.0 Å². The van der Waals surface area contributed by atoms with Gasteiger partial charge in [-0.25, -0.2) is 0 Å². The fourth-order valence-electron chi connectivity index (χ4n) is 5.73. The zero-order valence-electron chi connectivity index (χ0n) is 28.4. The molecule has 0 saturated carbocycles.